The van der Waals surface area contributed by atoms with Crippen molar-refractivity contribution in [2.45, 2.75) is 0 Å². The Labute approximate surface area is 162 Å². The molecule has 0 unspecified atom stereocenters. The Bertz CT molecular complexity index is 1260. The van der Waals surface area contributed by atoms with Crippen molar-refractivity contribution >= 4 is 60.5 Å². The van der Waals surface area contributed by atoms with Crippen molar-refractivity contribution in [3.8, 4) is 0 Å². The van der Waals surface area contributed by atoms with Gasteiger partial charge in [0.15, 0.2) is 0 Å². The highest BCUT2D eigenvalue weighted by Gasteiger charge is 2.16. The molecule has 0 bridgehead atoms. The Balaban J connectivity index is 1.83. The first-order chi connectivity index (χ1) is 12.9. The SMILES string of the molecule is CS(=O)(=O)Nc1ccc(Nc2c3ccccc3[nH+]c3cccc(Cl)c23)cc1. The third-order valence-corrected chi connectivity index (χ3v) is 5.11. The zero-order valence-electron chi connectivity index (χ0n) is 14.5. The molecule has 0 aliphatic heterocycles. The van der Waals surface area contributed by atoms with E-state index in [1.165, 1.54) is 0 Å². The van der Waals surface area contributed by atoms with Crippen molar-refractivity contribution in [2.24, 2.45) is 0 Å². The normalized spacial score (nSPS) is 11.6. The minimum Gasteiger partial charge on any atom is -0.354 e. The monoisotopic (exact) mass is 398 g/mol. The van der Waals surface area contributed by atoms with Crippen molar-refractivity contribution in [1.82, 2.24) is 0 Å². The quantitative estimate of drug-likeness (QED) is 0.494. The molecular formula is C20H17ClN3O2S+. The Morgan fingerprint density at radius 1 is 0.852 bits per heavy atom. The summed E-state index contributed by atoms with van der Waals surface area (Å²) in [6, 6.07) is 20.8. The topological polar surface area (TPSA) is 72.3 Å². The Hall–Kier alpha value is -2.83. The highest BCUT2D eigenvalue weighted by molar-refractivity contribution is 7.92. The number of nitrogens with one attached hydrogen (secondary N) is 3. The summed E-state index contributed by atoms with van der Waals surface area (Å²) in [5.74, 6) is 0. The summed E-state index contributed by atoms with van der Waals surface area (Å²) in [4.78, 5) is 3.41. The highest BCUT2D eigenvalue weighted by atomic mass is 35.5. The Kier molecular flexibility index (Phi) is 4.37. The number of H-pyrrole nitrogens is 1. The van der Waals surface area contributed by atoms with Crippen LogP contribution in [0.2, 0.25) is 5.02 Å². The molecule has 1 aromatic heterocycles. The summed E-state index contributed by atoms with van der Waals surface area (Å²) in [5.41, 5.74) is 4.15. The summed E-state index contributed by atoms with van der Waals surface area (Å²) >= 11 is 6.49. The van der Waals surface area contributed by atoms with Gasteiger partial charge in [0, 0.05) is 23.5 Å². The molecule has 3 aromatic carbocycles. The number of aromatic nitrogens is 1. The van der Waals surface area contributed by atoms with E-state index >= 15 is 0 Å². The van der Waals surface area contributed by atoms with Gasteiger partial charge in [-0.1, -0.05) is 29.8 Å². The number of rotatable bonds is 4. The number of hydrogen-bond donors (Lipinski definition) is 2. The lowest BCUT2D eigenvalue weighted by atomic mass is 10.1. The van der Waals surface area contributed by atoms with E-state index in [0.717, 1.165) is 39.4 Å². The third-order valence-electron chi connectivity index (χ3n) is 4.19. The number of pyridine rings is 1. The number of aromatic amines is 1. The predicted octanol–water partition coefficient (Wildman–Crippen LogP) is 4.58. The fourth-order valence-electron chi connectivity index (χ4n) is 3.08. The van der Waals surface area contributed by atoms with Gasteiger partial charge in [-0.25, -0.2) is 13.4 Å². The van der Waals surface area contributed by atoms with Gasteiger partial charge in [-0.3, -0.25) is 4.72 Å². The lowest BCUT2D eigenvalue weighted by Gasteiger charge is -2.12. The third kappa shape index (κ3) is 3.67. The molecular weight excluding hydrogens is 382 g/mol. The lowest BCUT2D eigenvalue weighted by molar-refractivity contribution is -0.310. The van der Waals surface area contributed by atoms with Crippen molar-refractivity contribution in [3.63, 3.8) is 0 Å². The molecule has 0 aliphatic carbocycles. The second kappa shape index (κ2) is 6.72. The van der Waals surface area contributed by atoms with E-state index in [0.29, 0.717) is 10.7 Å². The van der Waals surface area contributed by atoms with Crippen molar-refractivity contribution in [3.05, 3.63) is 71.8 Å². The average Bonchev–Trinajstić information content (AvgIpc) is 2.62. The summed E-state index contributed by atoms with van der Waals surface area (Å²) in [7, 11) is -3.30. The molecule has 4 aromatic rings. The molecule has 0 saturated carbocycles. The fraction of sp³-hybridized carbons (Fsp3) is 0.0500. The first-order valence-corrected chi connectivity index (χ1v) is 10.5. The summed E-state index contributed by atoms with van der Waals surface area (Å²) in [5, 5.41) is 5.99. The molecule has 0 fully saturated rings. The largest absolute Gasteiger partial charge is 0.354 e. The molecule has 1 heterocycles. The number of para-hydroxylation sites is 1. The van der Waals surface area contributed by atoms with Crippen LogP contribution in [0.25, 0.3) is 21.8 Å². The van der Waals surface area contributed by atoms with E-state index in [1.54, 1.807) is 12.1 Å². The second-order valence-electron chi connectivity index (χ2n) is 6.28. The molecule has 0 radical (unpaired) electrons. The van der Waals surface area contributed by atoms with Crippen LogP contribution in [-0.4, -0.2) is 14.7 Å². The van der Waals surface area contributed by atoms with Crippen LogP contribution in [0.3, 0.4) is 0 Å². The molecule has 4 rings (SSSR count). The van der Waals surface area contributed by atoms with E-state index in [2.05, 4.69) is 15.0 Å². The van der Waals surface area contributed by atoms with Gasteiger partial charge in [-0.2, -0.15) is 0 Å². The molecule has 0 aliphatic rings. The maximum absolute atomic E-state index is 11.4. The number of sulfonamides is 1. The first-order valence-electron chi connectivity index (χ1n) is 8.28. The molecule has 0 spiro atoms. The van der Waals surface area contributed by atoms with E-state index in [9.17, 15) is 8.42 Å². The van der Waals surface area contributed by atoms with Crippen LogP contribution < -0.4 is 15.0 Å². The molecule has 0 amide bonds. The number of hydrogen-bond acceptors (Lipinski definition) is 3. The van der Waals surface area contributed by atoms with E-state index in [-0.39, 0.29) is 0 Å². The van der Waals surface area contributed by atoms with Crippen LogP contribution in [0.5, 0.6) is 0 Å². The Morgan fingerprint density at radius 2 is 1.52 bits per heavy atom. The van der Waals surface area contributed by atoms with Gasteiger partial charge in [0.25, 0.3) is 0 Å². The standard InChI is InChI=1S/C20H16ClN3O2S/c1-27(25,26)24-14-11-9-13(10-12-14)22-20-15-5-2-3-7-17(15)23-18-8-4-6-16(21)19(18)20/h2-12,24H,1H3,(H,22,23)/p+1. The molecule has 136 valence electrons. The Morgan fingerprint density at radius 3 is 2.26 bits per heavy atom. The maximum atomic E-state index is 11.4. The van der Waals surface area contributed by atoms with E-state index < -0.39 is 10.0 Å². The van der Waals surface area contributed by atoms with Gasteiger partial charge < -0.3 is 5.32 Å². The number of anilines is 3. The van der Waals surface area contributed by atoms with E-state index in [4.69, 9.17) is 11.6 Å². The molecule has 0 saturated heterocycles. The van der Waals surface area contributed by atoms with Gasteiger partial charge in [-0.15, -0.1) is 0 Å². The van der Waals surface area contributed by atoms with Gasteiger partial charge in [-0.05, 0) is 36.4 Å². The maximum Gasteiger partial charge on any atom is 0.229 e. The predicted molar refractivity (Wildman–Crippen MR) is 111 cm³/mol. The average molecular weight is 399 g/mol. The summed E-state index contributed by atoms with van der Waals surface area (Å²) in [6.45, 7) is 0. The van der Waals surface area contributed by atoms with Gasteiger partial charge >= 0.3 is 0 Å². The molecule has 5 nitrogen and oxygen atoms in total. The zero-order chi connectivity index (χ0) is 19.0. The van der Waals surface area contributed by atoms with Crippen molar-refractivity contribution in [2.75, 3.05) is 16.3 Å². The van der Waals surface area contributed by atoms with Crippen LogP contribution >= 0.6 is 11.6 Å². The molecule has 0 atom stereocenters. The fourth-order valence-corrected chi connectivity index (χ4v) is 3.92. The zero-order valence-corrected chi connectivity index (χ0v) is 16.0. The van der Waals surface area contributed by atoms with Crippen LogP contribution in [0.1, 0.15) is 0 Å². The van der Waals surface area contributed by atoms with Crippen LogP contribution in [0.4, 0.5) is 17.1 Å². The molecule has 3 N–H and O–H groups in total. The van der Waals surface area contributed by atoms with Gasteiger partial charge in [0.05, 0.1) is 27.7 Å². The van der Waals surface area contributed by atoms with Crippen molar-refractivity contribution in [1.29, 1.82) is 0 Å². The van der Waals surface area contributed by atoms with Crippen LogP contribution in [0, 0.1) is 0 Å². The summed E-state index contributed by atoms with van der Waals surface area (Å²) in [6.07, 6.45) is 1.12. The summed E-state index contributed by atoms with van der Waals surface area (Å²) < 4.78 is 25.2. The van der Waals surface area contributed by atoms with Gasteiger partial charge in [0.1, 0.15) is 0 Å². The first kappa shape index (κ1) is 17.6. The van der Waals surface area contributed by atoms with Crippen molar-refractivity contribution < 1.29 is 13.4 Å². The number of halogens is 1. The lowest BCUT2D eigenvalue weighted by Crippen LogP contribution is -2.09. The number of benzene rings is 3. The number of fused-ring (bicyclic) bond motifs is 2. The highest BCUT2D eigenvalue weighted by Crippen LogP contribution is 2.35. The molecule has 7 heteroatoms. The second-order valence-corrected chi connectivity index (χ2v) is 8.44. The van der Waals surface area contributed by atoms with Gasteiger partial charge in [0.2, 0.25) is 21.1 Å². The minimum absolute atomic E-state index is 0.511. The van der Waals surface area contributed by atoms with Crippen LogP contribution in [0.15, 0.2) is 66.7 Å². The minimum atomic E-state index is -3.30. The van der Waals surface area contributed by atoms with E-state index in [1.807, 2.05) is 54.6 Å². The molecule has 27 heavy (non-hydrogen) atoms. The smallest absolute Gasteiger partial charge is 0.229 e. The van der Waals surface area contributed by atoms with Crippen LogP contribution in [-0.2, 0) is 10.0 Å².